The fourth-order valence-electron chi connectivity index (χ4n) is 2.66. The highest BCUT2D eigenvalue weighted by atomic mass is 16.4. The van der Waals surface area contributed by atoms with Crippen molar-refractivity contribution < 1.29 is 14.7 Å². The van der Waals surface area contributed by atoms with Gasteiger partial charge < -0.3 is 10.4 Å². The SMILES string of the molecule is C#Cc1cccc(NC(=O)[C@@H]2CCCC[C@@H]2C(=O)O)c1. The van der Waals surface area contributed by atoms with Crippen molar-refractivity contribution in [3.05, 3.63) is 29.8 Å². The number of rotatable bonds is 3. The lowest BCUT2D eigenvalue weighted by molar-refractivity contribution is -0.147. The van der Waals surface area contributed by atoms with Crippen molar-refractivity contribution in [3.63, 3.8) is 0 Å². The standard InChI is InChI=1S/C16H17NO3/c1-2-11-6-5-7-12(10-11)17-15(18)13-8-3-4-9-14(13)16(19)20/h1,5-7,10,13-14H,3-4,8-9H2,(H,17,18)(H,19,20)/t13-,14+/m1/s1. The minimum atomic E-state index is -0.887. The van der Waals surface area contributed by atoms with Gasteiger partial charge in [-0.2, -0.15) is 0 Å². The number of carboxylic acids is 1. The number of nitrogens with one attached hydrogen (secondary N) is 1. The van der Waals surface area contributed by atoms with Crippen LogP contribution in [-0.2, 0) is 9.59 Å². The Morgan fingerprint density at radius 2 is 1.95 bits per heavy atom. The van der Waals surface area contributed by atoms with Crippen LogP contribution in [0.5, 0.6) is 0 Å². The number of hydrogen-bond donors (Lipinski definition) is 2. The van der Waals surface area contributed by atoms with Gasteiger partial charge in [-0.3, -0.25) is 9.59 Å². The van der Waals surface area contributed by atoms with Gasteiger partial charge in [0.05, 0.1) is 11.8 Å². The van der Waals surface area contributed by atoms with E-state index in [4.69, 9.17) is 6.42 Å². The Balaban J connectivity index is 2.10. The lowest BCUT2D eigenvalue weighted by Gasteiger charge is -2.27. The molecule has 2 N–H and O–H groups in total. The van der Waals surface area contributed by atoms with E-state index in [1.165, 1.54) is 0 Å². The van der Waals surface area contributed by atoms with Crippen molar-refractivity contribution in [2.45, 2.75) is 25.7 Å². The molecule has 4 nitrogen and oxygen atoms in total. The molecule has 2 rings (SSSR count). The summed E-state index contributed by atoms with van der Waals surface area (Å²) in [6.45, 7) is 0. The van der Waals surface area contributed by atoms with Gasteiger partial charge in [0.25, 0.3) is 0 Å². The molecule has 0 radical (unpaired) electrons. The number of aliphatic carboxylic acids is 1. The predicted octanol–water partition coefficient (Wildman–Crippen LogP) is 2.50. The predicted molar refractivity (Wildman–Crippen MR) is 76.1 cm³/mol. The fraction of sp³-hybridized carbons (Fsp3) is 0.375. The third-order valence-electron chi connectivity index (χ3n) is 3.72. The van der Waals surface area contributed by atoms with Crippen LogP contribution < -0.4 is 5.32 Å². The van der Waals surface area contributed by atoms with Crippen molar-refractivity contribution in [3.8, 4) is 12.3 Å². The van der Waals surface area contributed by atoms with E-state index >= 15 is 0 Å². The van der Waals surface area contributed by atoms with E-state index < -0.39 is 17.8 Å². The van der Waals surface area contributed by atoms with Gasteiger partial charge in [0, 0.05) is 11.3 Å². The van der Waals surface area contributed by atoms with Gasteiger partial charge in [-0.05, 0) is 31.0 Å². The quantitative estimate of drug-likeness (QED) is 0.830. The Morgan fingerprint density at radius 3 is 2.60 bits per heavy atom. The molecule has 104 valence electrons. The summed E-state index contributed by atoms with van der Waals surface area (Å²) in [6, 6.07) is 6.99. The summed E-state index contributed by atoms with van der Waals surface area (Å²) < 4.78 is 0. The average molecular weight is 271 g/mol. The zero-order chi connectivity index (χ0) is 14.5. The van der Waals surface area contributed by atoms with Crippen LogP contribution in [0.25, 0.3) is 0 Å². The molecule has 0 saturated heterocycles. The monoisotopic (exact) mass is 271 g/mol. The molecule has 0 aromatic heterocycles. The van der Waals surface area contributed by atoms with Crippen molar-refractivity contribution in [2.75, 3.05) is 5.32 Å². The molecule has 1 aromatic carbocycles. The second-order valence-corrected chi connectivity index (χ2v) is 5.05. The zero-order valence-electron chi connectivity index (χ0n) is 11.1. The summed E-state index contributed by atoms with van der Waals surface area (Å²) in [5.74, 6) is 0.339. The molecule has 0 heterocycles. The van der Waals surface area contributed by atoms with Gasteiger partial charge in [-0.15, -0.1) is 6.42 Å². The summed E-state index contributed by atoms with van der Waals surface area (Å²) >= 11 is 0. The van der Waals surface area contributed by atoms with Gasteiger partial charge in [0.1, 0.15) is 0 Å². The molecule has 20 heavy (non-hydrogen) atoms. The van der Waals surface area contributed by atoms with Gasteiger partial charge >= 0.3 is 5.97 Å². The van der Waals surface area contributed by atoms with Crippen LogP contribution in [0.15, 0.2) is 24.3 Å². The van der Waals surface area contributed by atoms with Gasteiger partial charge in [0.15, 0.2) is 0 Å². The summed E-state index contributed by atoms with van der Waals surface area (Å²) in [7, 11) is 0. The smallest absolute Gasteiger partial charge is 0.307 e. The van der Waals surface area contributed by atoms with E-state index in [0.717, 1.165) is 12.8 Å². The Kier molecular flexibility index (Phi) is 4.41. The molecule has 2 atom stereocenters. The molecule has 1 fully saturated rings. The van der Waals surface area contributed by atoms with Crippen molar-refractivity contribution in [1.82, 2.24) is 0 Å². The van der Waals surface area contributed by atoms with Crippen LogP contribution >= 0.6 is 0 Å². The number of carbonyl (C=O) groups excluding carboxylic acids is 1. The first kappa shape index (κ1) is 14.1. The maximum atomic E-state index is 12.3. The molecule has 1 amide bonds. The van der Waals surface area contributed by atoms with E-state index in [1.807, 2.05) is 0 Å². The minimum absolute atomic E-state index is 0.230. The highest BCUT2D eigenvalue weighted by Gasteiger charge is 2.35. The van der Waals surface area contributed by atoms with Gasteiger partial charge in [-0.25, -0.2) is 0 Å². The molecule has 0 spiro atoms. The topological polar surface area (TPSA) is 66.4 Å². The maximum absolute atomic E-state index is 12.3. The molecule has 4 heteroatoms. The average Bonchev–Trinajstić information content (AvgIpc) is 2.47. The van der Waals surface area contributed by atoms with E-state index in [2.05, 4.69) is 11.2 Å². The van der Waals surface area contributed by atoms with Crippen LogP contribution in [0.2, 0.25) is 0 Å². The Morgan fingerprint density at radius 1 is 1.25 bits per heavy atom. The molecule has 1 aromatic rings. The fourth-order valence-corrected chi connectivity index (χ4v) is 2.66. The summed E-state index contributed by atoms with van der Waals surface area (Å²) in [4.78, 5) is 23.5. The number of carboxylic acid groups (broad SMARTS) is 1. The third-order valence-corrected chi connectivity index (χ3v) is 3.72. The van der Waals surface area contributed by atoms with Crippen molar-refractivity contribution >= 4 is 17.6 Å². The first-order valence-electron chi connectivity index (χ1n) is 6.72. The Hall–Kier alpha value is -2.28. The number of terminal acetylenes is 1. The first-order chi connectivity index (χ1) is 9.61. The van der Waals surface area contributed by atoms with Crippen LogP contribution in [0.3, 0.4) is 0 Å². The molecule has 1 saturated carbocycles. The first-order valence-corrected chi connectivity index (χ1v) is 6.72. The van der Waals surface area contributed by atoms with E-state index in [-0.39, 0.29) is 5.91 Å². The Bertz CT molecular complexity index is 559. The molecular formula is C16H17NO3. The number of anilines is 1. The molecule has 1 aliphatic rings. The molecule has 0 aliphatic heterocycles. The number of hydrogen-bond acceptors (Lipinski definition) is 2. The van der Waals surface area contributed by atoms with Crippen LogP contribution in [0.1, 0.15) is 31.2 Å². The van der Waals surface area contributed by atoms with E-state index in [1.54, 1.807) is 24.3 Å². The summed E-state index contributed by atoms with van der Waals surface area (Å²) in [6.07, 6.45) is 8.27. The summed E-state index contributed by atoms with van der Waals surface area (Å²) in [5.41, 5.74) is 1.29. The van der Waals surface area contributed by atoms with Crippen molar-refractivity contribution in [1.29, 1.82) is 0 Å². The van der Waals surface area contributed by atoms with Crippen LogP contribution in [0.4, 0.5) is 5.69 Å². The van der Waals surface area contributed by atoms with E-state index in [9.17, 15) is 14.7 Å². The highest BCUT2D eigenvalue weighted by Crippen LogP contribution is 2.31. The normalized spacial score (nSPS) is 21.8. The zero-order valence-corrected chi connectivity index (χ0v) is 11.1. The lowest BCUT2D eigenvalue weighted by atomic mass is 9.78. The number of benzene rings is 1. The largest absolute Gasteiger partial charge is 0.481 e. The maximum Gasteiger partial charge on any atom is 0.307 e. The minimum Gasteiger partial charge on any atom is -0.481 e. The third kappa shape index (κ3) is 3.18. The molecular weight excluding hydrogens is 254 g/mol. The van der Waals surface area contributed by atoms with Crippen LogP contribution in [0, 0.1) is 24.2 Å². The second-order valence-electron chi connectivity index (χ2n) is 5.05. The second kappa shape index (κ2) is 6.25. The number of amides is 1. The molecule has 1 aliphatic carbocycles. The summed E-state index contributed by atoms with van der Waals surface area (Å²) in [5, 5.41) is 12.0. The van der Waals surface area contributed by atoms with Crippen LogP contribution in [-0.4, -0.2) is 17.0 Å². The molecule has 0 unspecified atom stereocenters. The molecule has 0 bridgehead atoms. The van der Waals surface area contributed by atoms with Gasteiger partial charge in [-0.1, -0.05) is 24.8 Å². The van der Waals surface area contributed by atoms with Crippen molar-refractivity contribution in [2.24, 2.45) is 11.8 Å². The van der Waals surface area contributed by atoms with E-state index in [0.29, 0.717) is 24.1 Å². The number of carbonyl (C=O) groups is 2. The lowest BCUT2D eigenvalue weighted by Crippen LogP contribution is -2.36. The highest BCUT2D eigenvalue weighted by molar-refractivity contribution is 5.95. The Labute approximate surface area is 118 Å². The van der Waals surface area contributed by atoms with Gasteiger partial charge in [0.2, 0.25) is 5.91 Å².